The third kappa shape index (κ3) is 5.15. The Morgan fingerprint density at radius 2 is 1.59 bits per heavy atom. The summed E-state index contributed by atoms with van der Waals surface area (Å²) in [5, 5.41) is 0. The molecule has 5 nitrogen and oxygen atoms in total. The van der Waals surface area contributed by atoms with Crippen molar-refractivity contribution in [2.45, 2.75) is 19.3 Å². The largest absolute Gasteiger partial charge is 0.468 e. The van der Waals surface area contributed by atoms with Gasteiger partial charge in [0.2, 0.25) is 0 Å². The van der Waals surface area contributed by atoms with Crippen LogP contribution in [0, 0.1) is 5.92 Å². The maximum atomic E-state index is 11.8. The van der Waals surface area contributed by atoms with E-state index in [1.807, 2.05) is 0 Å². The summed E-state index contributed by atoms with van der Waals surface area (Å²) in [6.07, 6.45) is 1.19. The van der Waals surface area contributed by atoms with E-state index in [9.17, 15) is 14.4 Å². The number of carbonyl (C=O) groups excluding carboxylic acids is 3. The van der Waals surface area contributed by atoms with Gasteiger partial charge in [-0.15, -0.1) is 11.6 Å². The van der Waals surface area contributed by atoms with Gasteiger partial charge in [0, 0.05) is 17.9 Å². The number of Topliss-reactive ketones (excluding diaryl/α,β-unsaturated/α-hetero) is 1. The van der Waals surface area contributed by atoms with E-state index in [2.05, 4.69) is 9.47 Å². The number of methoxy groups -OCH3 is 2. The number of carbonyl (C=O) groups is 3. The van der Waals surface area contributed by atoms with Crippen LogP contribution in [0.2, 0.25) is 0 Å². The fourth-order valence-electron chi connectivity index (χ4n) is 1.98. The third-order valence-electron chi connectivity index (χ3n) is 3.22. The summed E-state index contributed by atoms with van der Waals surface area (Å²) in [5.41, 5.74) is 1.33. The minimum absolute atomic E-state index is 0.0182. The summed E-state index contributed by atoms with van der Waals surface area (Å²) < 4.78 is 9.21. The Balaban J connectivity index is 2.78. The van der Waals surface area contributed by atoms with Gasteiger partial charge in [-0.2, -0.15) is 0 Å². The molecule has 0 saturated carbocycles. The fourth-order valence-corrected chi connectivity index (χ4v) is 2.12. The second-order valence-corrected chi connectivity index (χ2v) is 5.09. The average molecular weight is 327 g/mol. The monoisotopic (exact) mass is 326 g/mol. The highest BCUT2D eigenvalue weighted by Crippen LogP contribution is 2.15. The van der Waals surface area contributed by atoms with Crippen LogP contribution < -0.4 is 0 Å². The number of esters is 2. The molecule has 6 heteroatoms. The van der Waals surface area contributed by atoms with Crippen LogP contribution in [0.15, 0.2) is 24.3 Å². The molecule has 0 atom stereocenters. The lowest BCUT2D eigenvalue weighted by Gasteiger charge is -2.12. The lowest BCUT2D eigenvalue weighted by Crippen LogP contribution is -2.28. The standard InChI is InChI=1S/C16H19ClO5/c1-21-15(19)13(16(20)22-2)10-11-5-7-12(8-6-11)14(18)4-3-9-17/h5-8,13H,3-4,9-10H2,1-2H3. The van der Waals surface area contributed by atoms with Gasteiger partial charge >= 0.3 is 11.9 Å². The van der Waals surface area contributed by atoms with Crippen LogP contribution in [0.3, 0.4) is 0 Å². The Hall–Kier alpha value is -1.88. The molecular weight excluding hydrogens is 308 g/mol. The molecule has 0 heterocycles. The van der Waals surface area contributed by atoms with Crippen LogP contribution in [0.5, 0.6) is 0 Å². The first-order valence-electron chi connectivity index (χ1n) is 6.87. The molecule has 0 aliphatic rings. The Kier molecular flexibility index (Phi) is 7.60. The Morgan fingerprint density at radius 3 is 2.05 bits per heavy atom. The van der Waals surface area contributed by atoms with E-state index in [-0.39, 0.29) is 12.2 Å². The summed E-state index contributed by atoms with van der Waals surface area (Å²) in [6, 6.07) is 6.79. The zero-order valence-corrected chi connectivity index (χ0v) is 13.4. The molecule has 0 aromatic heterocycles. The topological polar surface area (TPSA) is 69.7 Å². The first kappa shape index (κ1) is 18.2. The highest BCUT2D eigenvalue weighted by Gasteiger charge is 2.28. The van der Waals surface area contributed by atoms with Crippen molar-refractivity contribution in [1.82, 2.24) is 0 Å². The van der Waals surface area contributed by atoms with Crippen LogP contribution in [-0.2, 0) is 25.5 Å². The van der Waals surface area contributed by atoms with Crippen molar-refractivity contribution < 1.29 is 23.9 Å². The highest BCUT2D eigenvalue weighted by atomic mass is 35.5. The molecule has 1 aromatic carbocycles. The van der Waals surface area contributed by atoms with Gasteiger partial charge < -0.3 is 9.47 Å². The van der Waals surface area contributed by atoms with E-state index >= 15 is 0 Å². The number of hydrogen-bond donors (Lipinski definition) is 0. The van der Waals surface area contributed by atoms with Crippen LogP contribution in [0.25, 0.3) is 0 Å². The molecule has 0 fully saturated rings. The molecule has 0 amide bonds. The number of halogens is 1. The van der Waals surface area contributed by atoms with Gasteiger partial charge in [-0.3, -0.25) is 14.4 Å². The summed E-state index contributed by atoms with van der Waals surface area (Å²) >= 11 is 5.56. The maximum absolute atomic E-state index is 11.8. The quantitative estimate of drug-likeness (QED) is 0.317. The van der Waals surface area contributed by atoms with E-state index in [0.717, 1.165) is 5.56 Å². The van der Waals surface area contributed by atoms with Crippen molar-refractivity contribution in [2.75, 3.05) is 20.1 Å². The summed E-state index contributed by atoms with van der Waals surface area (Å²) in [4.78, 5) is 35.1. The number of alkyl halides is 1. The molecule has 0 radical (unpaired) electrons. The fraction of sp³-hybridized carbons (Fsp3) is 0.438. The molecule has 0 bridgehead atoms. The van der Waals surface area contributed by atoms with Gasteiger partial charge in [-0.25, -0.2) is 0 Å². The molecule has 0 spiro atoms. The molecule has 0 unspecified atom stereocenters. The van der Waals surface area contributed by atoms with Crippen molar-refractivity contribution in [3.8, 4) is 0 Å². The van der Waals surface area contributed by atoms with Crippen LogP contribution in [0.4, 0.5) is 0 Å². The van der Waals surface area contributed by atoms with E-state index in [4.69, 9.17) is 11.6 Å². The average Bonchev–Trinajstić information content (AvgIpc) is 2.56. The molecular formula is C16H19ClO5. The van der Waals surface area contributed by atoms with Crippen molar-refractivity contribution in [3.05, 3.63) is 35.4 Å². The maximum Gasteiger partial charge on any atom is 0.320 e. The van der Waals surface area contributed by atoms with Crippen LogP contribution >= 0.6 is 11.6 Å². The molecule has 120 valence electrons. The van der Waals surface area contributed by atoms with Crippen LogP contribution in [0.1, 0.15) is 28.8 Å². The molecule has 1 rings (SSSR count). The number of rotatable bonds is 8. The number of hydrogen-bond acceptors (Lipinski definition) is 5. The van der Waals surface area contributed by atoms with Crippen molar-refractivity contribution >= 4 is 29.3 Å². The van der Waals surface area contributed by atoms with Gasteiger partial charge in [-0.1, -0.05) is 24.3 Å². The Bertz CT molecular complexity index is 508. The van der Waals surface area contributed by atoms with Gasteiger partial charge in [0.25, 0.3) is 0 Å². The van der Waals surface area contributed by atoms with E-state index < -0.39 is 17.9 Å². The number of benzene rings is 1. The Labute approximate surface area is 134 Å². The number of ketones is 1. The van der Waals surface area contributed by atoms with Crippen LogP contribution in [-0.4, -0.2) is 37.8 Å². The molecule has 0 aliphatic heterocycles. The zero-order chi connectivity index (χ0) is 16.5. The minimum Gasteiger partial charge on any atom is -0.468 e. The van der Waals surface area contributed by atoms with Crippen molar-refractivity contribution in [3.63, 3.8) is 0 Å². The van der Waals surface area contributed by atoms with Gasteiger partial charge in [0.15, 0.2) is 11.7 Å². The predicted octanol–water partition coefficient (Wildman–Crippen LogP) is 2.39. The van der Waals surface area contributed by atoms with E-state index in [0.29, 0.717) is 24.3 Å². The number of ether oxygens (including phenoxy) is 2. The second-order valence-electron chi connectivity index (χ2n) is 4.72. The molecule has 1 aromatic rings. The third-order valence-corrected chi connectivity index (χ3v) is 3.49. The summed E-state index contributed by atoms with van der Waals surface area (Å²) in [7, 11) is 2.44. The molecule has 0 aliphatic carbocycles. The Morgan fingerprint density at radius 1 is 1.05 bits per heavy atom. The lowest BCUT2D eigenvalue weighted by molar-refractivity contribution is -0.158. The normalized spacial score (nSPS) is 10.4. The SMILES string of the molecule is COC(=O)C(Cc1ccc(C(=O)CCCCl)cc1)C(=O)OC. The summed E-state index contributed by atoms with van der Waals surface area (Å²) in [6.45, 7) is 0. The first-order valence-corrected chi connectivity index (χ1v) is 7.40. The van der Waals surface area contributed by atoms with Crippen molar-refractivity contribution in [1.29, 1.82) is 0 Å². The minimum atomic E-state index is -1.01. The second kappa shape index (κ2) is 9.20. The molecule has 22 heavy (non-hydrogen) atoms. The zero-order valence-electron chi connectivity index (χ0n) is 12.6. The van der Waals surface area contributed by atoms with Crippen molar-refractivity contribution in [2.24, 2.45) is 5.92 Å². The predicted molar refractivity (Wildman–Crippen MR) is 82.0 cm³/mol. The van der Waals surface area contributed by atoms with Gasteiger partial charge in [-0.05, 0) is 18.4 Å². The lowest BCUT2D eigenvalue weighted by atomic mass is 9.97. The molecule has 0 N–H and O–H groups in total. The van der Waals surface area contributed by atoms with Gasteiger partial charge in [0.05, 0.1) is 14.2 Å². The highest BCUT2D eigenvalue weighted by molar-refractivity contribution is 6.18. The first-order chi connectivity index (χ1) is 10.5. The summed E-state index contributed by atoms with van der Waals surface area (Å²) in [5.74, 6) is -1.83. The molecule has 0 saturated heterocycles. The van der Waals surface area contributed by atoms with E-state index in [1.54, 1.807) is 24.3 Å². The van der Waals surface area contributed by atoms with Gasteiger partial charge in [0.1, 0.15) is 0 Å². The van der Waals surface area contributed by atoms with E-state index in [1.165, 1.54) is 14.2 Å². The smallest absolute Gasteiger partial charge is 0.320 e.